The second kappa shape index (κ2) is 2.96. The predicted octanol–water partition coefficient (Wildman–Crippen LogP) is 2.57. The molecule has 2 rings (SSSR count). The molecule has 0 amide bonds. The highest BCUT2D eigenvalue weighted by Gasteiger charge is 2.75. The van der Waals surface area contributed by atoms with E-state index in [2.05, 4.69) is 27.7 Å². The first-order chi connectivity index (χ1) is 6.04. The van der Waals surface area contributed by atoms with E-state index in [1.54, 1.807) is 0 Å². The van der Waals surface area contributed by atoms with Crippen LogP contribution >= 0.6 is 0 Å². The maximum atomic E-state index is 5.62. The average molecular weight is 184 g/mol. The monoisotopic (exact) mass is 184 g/mol. The summed E-state index contributed by atoms with van der Waals surface area (Å²) in [6, 6.07) is 0. The Labute approximate surface area is 80.6 Å². The average Bonchev–Trinajstić information content (AvgIpc) is 2.75. The van der Waals surface area contributed by atoms with Crippen molar-refractivity contribution >= 4 is 0 Å². The van der Waals surface area contributed by atoms with Gasteiger partial charge in [0, 0.05) is 0 Å². The van der Waals surface area contributed by atoms with Gasteiger partial charge in [0.2, 0.25) is 5.79 Å². The van der Waals surface area contributed by atoms with Crippen molar-refractivity contribution in [3.05, 3.63) is 0 Å². The molecule has 1 spiro atoms. The van der Waals surface area contributed by atoms with Crippen LogP contribution in [0.2, 0.25) is 0 Å². The summed E-state index contributed by atoms with van der Waals surface area (Å²) in [6.45, 7) is 8.93. The van der Waals surface area contributed by atoms with Gasteiger partial charge in [-0.1, -0.05) is 27.7 Å². The zero-order valence-electron chi connectivity index (χ0n) is 9.04. The van der Waals surface area contributed by atoms with E-state index < -0.39 is 0 Å². The van der Waals surface area contributed by atoms with E-state index in [1.807, 2.05) is 0 Å². The SMILES string of the molecule is CC(C)CC1OC12O[C@H]2CC(C)C. The van der Waals surface area contributed by atoms with E-state index in [9.17, 15) is 0 Å². The number of rotatable bonds is 4. The Morgan fingerprint density at radius 3 is 1.62 bits per heavy atom. The van der Waals surface area contributed by atoms with Crippen LogP contribution in [0.25, 0.3) is 0 Å². The topological polar surface area (TPSA) is 25.1 Å². The minimum atomic E-state index is -0.103. The Morgan fingerprint density at radius 1 is 0.923 bits per heavy atom. The molecule has 2 fully saturated rings. The van der Waals surface area contributed by atoms with Crippen LogP contribution in [0.3, 0.4) is 0 Å². The Bertz CT molecular complexity index is 176. The molecule has 0 aliphatic carbocycles. The molecule has 0 radical (unpaired) electrons. The van der Waals surface area contributed by atoms with Crippen LogP contribution in [0, 0.1) is 11.8 Å². The molecule has 2 heterocycles. The zero-order valence-corrected chi connectivity index (χ0v) is 9.04. The summed E-state index contributed by atoms with van der Waals surface area (Å²) in [5.41, 5.74) is 0. The van der Waals surface area contributed by atoms with Gasteiger partial charge in [0.05, 0.1) is 0 Å². The second-order valence-corrected chi connectivity index (χ2v) is 5.19. The van der Waals surface area contributed by atoms with Crippen LogP contribution in [0.5, 0.6) is 0 Å². The Hall–Kier alpha value is -0.0800. The summed E-state index contributed by atoms with van der Waals surface area (Å²) in [5.74, 6) is 1.33. The molecular weight excluding hydrogens is 164 g/mol. The highest BCUT2D eigenvalue weighted by molar-refractivity contribution is 5.12. The first kappa shape index (κ1) is 9.47. The largest absolute Gasteiger partial charge is 0.336 e. The van der Waals surface area contributed by atoms with Crippen LogP contribution in [0.15, 0.2) is 0 Å². The highest BCUT2D eigenvalue weighted by atomic mass is 16.9. The lowest BCUT2D eigenvalue weighted by Crippen LogP contribution is -2.05. The van der Waals surface area contributed by atoms with Crippen molar-refractivity contribution in [2.24, 2.45) is 11.8 Å². The van der Waals surface area contributed by atoms with Gasteiger partial charge in [-0.2, -0.15) is 0 Å². The smallest absolute Gasteiger partial charge is 0.223 e. The molecule has 2 unspecified atom stereocenters. The quantitative estimate of drug-likeness (QED) is 0.627. The summed E-state index contributed by atoms with van der Waals surface area (Å²) < 4.78 is 11.2. The second-order valence-electron chi connectivity index (χ2n) is 5.19. The molecule has 0 N–H and O–H groups in total. The number of hydrogen-bond donors (Lipinski definition) is 0. The maximum absolute atomic E-state index is 5.62. The van der Waals surface area contributed by atoms with E-state index in [4.69, 9.17) is 9.47 Å². The van der Waals surface area contributed by atoms with Gasteiger partial charge in [-0.05, 0) is 24.7 Å². The molecule has 2 aliphatic rings. The normalized spacial score (nSPS) is 42.0. The predicted molar refractivity (Wildman–Crippen MR) is 51.4 cm³/mol. The lowest BCUT2D eigenvalue weighted by Gasteiger charge is -1.98. The van der Waals surface area contributed by atoms with Crippen LogP contribution < -0.4 is 0 Å². The third-order valence-corrected chi connectivity index (χ3v) is 2.81. The van der Waals surface area contributed by atoms with Gasteiger partial charge in [-0.15, -0.1) is 0 Å². The van der Waals surface area contributed by atoms with E-state index >= 15 is 0 Å². The molecule has 2 heteroatoms. The van der Waals surface area contributed by atoms with Crippen LogP contribution in [-0.2, 0) is 9.47 Å². The van der Waals surface area contributed by atoms with Gasteiger partial charge >= 0.3 is 0 Å². The van der Waals surface area contributed by atoms with Gasteiger partial charge in [0.25, 0.3) is 0 Å². The fourth-order valence-electron chi connectivity index (χ4n) is 2.04. The molecule has 0 aromatic heterocycles. The molecule has 76 valence electrons. The molecule has 0 bridgehead atoms. The molecule has 3 atom stereocenters. The van der Waals surface area contributed by atoms with Gasteiger partial charge in [0.1, 0.15) is 12.2 Å². The van der Waals surface area contributed by atoms with Crippen LogP contribution in [0.1, 0.15) is 40.5 Å². The third-order valence-electron chi connectivity index (χ3n) is 2.81. The minimum Gasteiger partial charge on any atom is -0.336 e. The lowest BCUT2D eigenvalue weighted by molar-refractivity contribution is 0.244. The third kappa shape index (κ3) is 1.75. The molecule has 0 saturated carbocycles. The Balaban J connectivity index is 1.74. The molecule has 13 heavy (non-hydrogen) atoms. The molecular formula is C11H20O2. The molecule has 2 aliphatic heterocycles. The number of hydrogen-bond acceptors (Lipinski definition) is 2. The van der Waals surface area contributed by atoms with Gasteiger partial charge in [-0.3, -0.25) is 0 Å². The molecule has 0 aromatic carbocycles. The zero-order chi connectivity index (χ0) is 9.64. The van der Waals surface area contributed by atoms with E-state index in [0.29, 0.717) is 24.0 Å². The summed E-state index contributed by atoms with van der Waals surface area (Å²) in [5, 5.41) is 0. The van der Waals surface area contributed by atoms with E-state index in [1.165, 1.54) is 0 Å². The first-order valence-corrected chi connectivity index (χ1v) is 5.40. The summed E-state index contributed by atoms with van der Waals surface area (Å²) in [7, 11) is 0. The number of ether oxygens (including phenoxy) is 2. The Kier molecular flexibility index (Phi) is 2.16. The fraction of sp³-hybridized carbons (Fsp3) is 1.00. The lowest BCUT2D eigenvalue weighted by atomic mass is 10.0. The van der Waals surface area contributed by atoms with E-state index in [0.717, 1.165) is 12.8 Å². The van der Waals surface area contributed by atoms with Gasteiger partial charge in [-0.25, -0.2) is 0 Å². The summed E-state index contributed by atoms with van der Waals surface area (Å²) in [4.78, 5) is 0. The standard InChI is InChI=1S/C11H20O2/c1-7(2)5-9-11(12-9)10(13-11)6-8(3)4/h7-10H,5-6H2,1-4H3/t9-,10?,11?/m0/s1. The highest BCUT2D eigenvalue weighted by Crippen LogP contribution is 2.58. The Morgan fingerprint density at radius 2 is 1.31 bits per heavy atom. The van der Waals surface area contributed by atoms with E-state index in [-0.39, 0.29) is 5.79 Å². The summed E-state index contributed by atoms with van der Waals surface area (Å²) >= 11 is 0. The van der Waals surface area contributed by atoms with Crippen molar-refractivity contribution in [3.8, 4) is 0 Å². The van der Waals surface area contributed by atoms with Crippen LogP contribution in [-0.4, -0.2) is 18.0 Å². The molecule has 0 aromatic rings. The van der Waals surface area contributed by atoms with Crippen molar-refractivity contribution in [2.75, 3.05) is 0 Å². The van der Waals surface area contributed by atoms with Crippen molar-refractivity contribution in [1.82, 2.24) is 0 Å². The first-order valence-electron chi connectivity index (χ1n) is 5.40. The van der Waals surface area contributed by atoms with Gasteiger partial charge < -0.3 is 9.47 Å². The van der Waals surface area contributed by atoms with Crippen molar-refractivity contribution in [2.45, 2.75) is 58.5 Å². The summed E-state index contributed by atoms with van der Waals surface area (Å²) in [6.07, 6.45) is 3.09. The number of epoxide rings is 2. The van der Waals surface area contributed by atoms with Crippen molar-refractivity contribution in [3.63, 3.8) is 0 Å². The minimum absolute atomic E-state index is 0.103. The van der Waals surface area contributed by atoms with Crippen molar-refractivity contribution in [1.29, 1.82) is 0 Å². The van der Waals surface area contributed by atoms with Crippen molar-refractivity contribution < 1.29 is 9.47 Å². The molecule has 2 nitrogen and oxygen atoms in total. The van der Waals surface area contributed by atoms with Crippen LogP contribution in [0.4, 0.5) is 0 Å². The fourth-order valence-corrected chi connectivity index (χ4v) is 2.04. The van der Waals surface area contributed by atoms with Gasteiger partial charge in [0.15, 0.2) is 0 Å². The molecule has 2 saturated heterocycles. The maximum Gasteiger partial charge on any atom is 0.223 e.